The minimum Gasteiger partial charge on any atom is -0.481 e. The second-order valence-corrected chi connectivity index (χ2v) is 11.1. The molecule has 0 radical (unpaired) electrons. The zero-order chi connectivity index (χ0) is 29.7. The Hall–Kier alpha value is -2.52. The number of hydrogen-bond donors (Lipinski definition) is 5. The monoisotopic (exact) mass is 632 g/mol. The maximum atomic E-state index is 10.2. The predicted octanol–water partition coefficient (Wildman–Crippen LogP) is 5.49. The van der Waals surface area contributed by atoms with Crippen molar-refractivity contribution < 1.29 is 34.8 Å². The number of aliphatic hydroxyl groups is 1. The molecule has 0 saturated carbocycles. The van der Waals surface area contributed by atoms with Crippen molar-refractivity contribution in [2.45, 2.75) is 29.8 Å². The van der Waals surface area contributed by atoms with E-state index in [1.165, 1.54) is 21.6 Å². The van der Waals surface area contributed by atoms with E-state index in [9.17, 15) is 9.59 Å². The lowest BCUT2D eigenvalue weighted by atomic mass is 10.4. The Morgan fingerprint density at radius 3 is 1.79 bits per heavy atom. The molecule has 0 saturated heterocycles. The number of aliphatic hydroxyl groups excluding tert-OH is 1. The van der Waals surface area contributed by atoms with Gasteiger partial charge in [-0.25, -0.2) is 9.97 Å². The van der Waals surface area contributed by atoms with Crippen LogP contribution in [0.4, 0.5) is 0 Å². The topological polar surface area (TPSA) is 170 Å². The largest absolute Gasteiger partial charge is 0.481 e. The normalized spacial score (nSPS) is 10.2. The highest BCUT2D eigenvalue weighted by molar-refractivity contribution is 8.82. The number of aromatic nitrogens is 2. The maximum absolute atomic E-state index is 10.2. The van der Waals surface area contributed by atoms with Crippen LogP contribution >= 0.6 is 55.8 Å². The average Bonchev–Trinajstić information content (AvgIpc) is 2.93. The fourth-order valence-electron chi connectivity index (χ4n) is 1.56. The quantitative estimate of drug-likeness (QED) is 0.102. The molecular weight excluding hydrogens is 603 g/mol. The Morgan fingerprint density at radius 2 is 1.41 bits per heavy atom. The summed E-state index contributed by atoms with van der Waals surface area (Å²) in [6.07, 6.45) is 12.2. The van der Waals surface area contributed by atoms with Crippen molar-refractivity contribution in [1.29, 1.82) is 0 Å². The van der Waals surface area contributed by atoms with E-state index in [2.05, 4.69) is 33.7 Å². The molecule has 212 valence electrons. The van der Waals surface area contributed by atoms with E-state index in [1.54, 1.807) is 40.2 Å². The molecule has 3 heterocycles. The van der Waals surface area contributed by atoms with Crippen LogP contribution in [-0.4, -0.2) is 72.0 Å². The van der Waals surface area contributed by atoms with Crippen LogP contribution < -0.4 is 0 Å². The number of rotatable bonds is 9. The molecule has 0 aliphatic carbocycles. The van der Waals surface area contributed by atoms with E-state index in [-0.39, 0.29) is 12.8 Å². The van der Waals surface area contributed by atoms with Gasteiger partial charge in [-0.3, -0.25) is 14.4 Å². The summed E-state index contributed by atoms with van der Waals surface area (Å²) in [5, 5.41) is 33.5. The molecule has 2 aromatic rings. The van der Waals surface area contributed by atoms with Gasteiger partial charge in [-0.2, -0.15) is 17.6 Å². The van der Waals surface area contributed by atoms with Gasteiger partial charge >= 0.3 is 11.9 Å². The van der Waals surface area contributed by atoms with Gasteiger partial charge in [0, 0.05) is 37.9 Å². The van der Waals surface area contributed by atoms with E-state index < -0.39 is 17.9 Å². The van der Waals surface area contributed by atoms with Crippen molar-refractivity contribution in [3.8, 4) is 0 Å². The van der Waals surface area contributed by atoms with Gasteiger partial charge in [-0.15, -0.1) is 0 Å². The van der Waals surface area contributed by atoms with E-state index in [1.807, 2.05) is 48.6 Å². The molecule has 3 rings (SSSR count). The van der Waals surface area contributed by atoms with Gasteiger partial charge < -0.3 is 20.4 Å². The van der Waals surface area contributed by atoms with Crippen LogP contribution in [0.15, 0.2) is 82.2 Å². The Kier molecular flexibility index (Phi) is 28.2. The zero-order valence-electron chi connectivity index (χ0n) is 21.1. The molecule has 1 aliphatic heterocycles. The summed E-state index contributed by atoms with van der Waals surface area (Å²) in [6, 6.07) is 11.5. The predicted molar refractivity (Wildman–Crippen MR) is 164 cm³/mol. The summed E-state index contributed by atoms with van der Waals surface area (Å²) >= 11 is 3.68. The van der Waals surface area contributed by atoms with Crippen molar-refractivity contribution in [3.63, 3.8) is 0 Å². The highest BCUT2D eigenvalue weighted by Gasteiger charge is 2.06. The van der Waals surface area contributed by atoms with Crippen molar-refractivity contribution in [2.75, 3.05) is 18.6 Å². The summed E-state index contributed by atoms with van der Waals surface area (Å²) < 4.78 is 0. The lowest BCUT2D eigenvalue weighted by Crippen LogP contribution is -1.94. The number of allylic oxidation sites excluding steroid dienone is 2. The Balaban J connectivity index is 0. The third-order valence-electron chi connectivity index (χ3n) is 2.95. The minimum absolute atomic E-state index is 0.156. The van der Waals surface area contributed by atoms with Crippen LogP contribution in [0.25, 0.3) is 0 Å². The third kappa shape index (κ3) is 29.9. The first-order chi connectivity index (χ1) is 18.7. The van der Waals surface area contributed by atoms with Crippen LogP contribution in [0.1, 0.15) is 19.8 Å². The van der Waals surface area contributed by atoms with Crippen LogP contribution in [0, 0.1) is 6.08 Å². The molecule has 0 fully saturated rings. The average molecular weight is 633 g/mol. The standard InChI is InChI=1S/C10H7N2S2.C8H9NO2S2.C3H6O2S.C2H4O2.CH4O/c1-3-7-11-9(5-1)13-14-10-6-2-4-8-12-10;10-8(11)4-6-12-13-7-3-1-2-5-9-7;4-3(5)1-2-6;1-2(3)4;1-2/h1-3,5-8H;1-3,5H,4,6H2,(H,10,11);6H,1-2H2,(H,4,5);1H3,(H,3,4);2H,1H3/q+1;;;;. The molecule has 0 amide bonds. The molecule has 15 heteroatoms. The number of pyridine rings is 2. The minimum atomic E-state index is -0.833. The molecule has 0 unspecified atom stereocenters. The van der Waals surface area contributed by atoms with Gasteiger partial charge in [-0.1, -0.05) is 22.9 Å². The summed E-state index contributed by atoms with van der Waals surface area (Å²) in [4.78, 5) is 41.2. The molecule has 4 N–H and O–H groups in total. The van der Waals surface area contributed by atoms with Gasteiger partial charge in [0.15, 0.2) is 17.3 Å². The van der Waals surface area contributed by atoms with Gasteiger partial charge in [-0.05, 0) is 56.6 Å². The molecule has 0 aromatic carbocycles. The van der Waals surface area contributed by atoms with Crippen molar-refractivity contribution in [3.05, 3.63) is 73.2 Å². The van der Waals surface area contributed by atoms with Gasteiger partial charge in [0.25, 0.3) is 5.97 Å². The fraction of sp³-hybridized carbons (Fsp3) is 0.250. The van der Waals surface area contributed by atoms with Gasteiger partial charge in [0.05, 0.1) is 12.8 Å². The summed E-state index contributed by atoms with van der Waals surface area (Å²) in [7, 11) is 7.21. The Labute approximate surface area is 249 Å². The van der Waals surface area contributed by atoms with Crippen LogP contribution in [0.2, 0.25) is 0 Å². The first-order valence-electron chi connectivity index (χ1n) is 10.7. The summed E-state index contributed by atoms with van der Waals surface area (Å²) in [6.45, 7) is 1.08. The number of aliphatic imine (C=N–C) groups is 1. The molecule has 39 heavy (non-hydrogen) atoms. The van der Waals surface area contributed by atoms with E-state index >= 15 is 0 Å². The number of nitrogens with zero attached hydrogens (tertiary/aromatic N) is 3. The van der Waals surface area contributed by atoms with Gasteiger partial charge in [0.1, 0.15) is 22.2 Å². The van der Waals surface area contributed by atoms with Gasteiger partial charge in [0.2, 0.25) is 0 Å². The number of aliphatic carboxylic acids is 3. The first kappa shape index (κ1) is 38.6. The number of carboxylic acids is 3. The van der Waals surface area contributed by atoms with Crippen molar-refractivity contribution in [2.24, 2.45) is 4.99 Å². The zero-order valence-corrected chi connectivity index (χ0v) is 25.3. The number of carboxylic acid groups (broad SMARTS) is 3. The molecule has 0 bridgehead atoms. The number of hydrogen-bond acceptors (Lipinski definition) is 12. The van der Waals surface area contributed by atoms with Crippen LogP contribution in [0.3, 0.4) is 0 Å². The second kappa shape index (κ2) is 28.5. The number of carbonyl (C=O) groups is 3. The van der Waals surface area contributed by atoms with E-state index in [0.29, 0.717) is 11.5 Å². The lowest BCUT2D eigenvalue weighted by Gasteiger charge is -1.97. The van der Waals surface area contributed by atoms with E-state index in [0.717, 1.165) is 29.1 Å². The van der Waals surface area contributed by atoms with E-state index in [4.69, 9.17) is 25.2 Å². The smallest absolute Gasteiger partial charge is 0.304 e. The molecule has 0 spiro atoms. The second-order valence-electron chi connectivity index (χ2n) is 6.03. The maximum Gasteiger partial charge on any atom is 0.304 e. The highest BCUT2D eigenvalue weighted by Crippen LogP contribution is 2.31. The van der Waals surface area contributed by atoms with Crippen LogP contribution in [-0.2, 0) is 14.4 Å². The van der Waals surface area contributed by atoms with Crippen molar-refractivity contribution in [1.82, 2.24) is 9.97 Å². The number of thiol groups is 1. The lowest BCUT2D eigenvalue weighted by molar-refractivity contribution is -0.137. The van der Waals surface area contributed by atoms with Crippen molar-refractivity contribution >= 4 is 78.8 Å². The fourth-order valence-corrected chi connectivity index (χ4v) is 5.34. The summed E-state index contributed by atoms with van der Waals surface area (Å²) in [5.74, 6) is -1.34. The first-order valence-corrected chi connectivity index (χ1v) is 15.8. The Bertz CT molecular complexity index is 1010. The summed E-state index contributed by atoms with van der Waals surface area (Å²) in [5.41, 5.74) is 0. The Morgan fingerprint density at radius 1 is 0.872 bits per heavy atom. The molecule has 1 aliphatic rings. The highest BCUT2D eigenvalue weighted by atomic mass is 33.1. The molecular formula is C24H30N3O7S5+. The molecule has 2 aromatic heterocycles. The van der Waals surface area contributed by atoms with Crippen LogP contribution in [0.5, 0.6) is 0 Å². The SMILES string of the molecule is CC(=O)O.CO.O=C(O)CCS.O=C(O)CCSSc1ccccn1.[C+]1=CN=C(SSc2ccccn2)C=C1. The third-order valence-corrected chi connectivity index (χ3v) is 7.62. The molecule has 0 atom stereocenters. The molecule has 10 nitrogen and oxygen atoms in total.